The van der Waals surface area contributed by atoms with Crippen molar-refractivity contribution in [2.45, 2.75) is 155 Å². The SMILES string of the molecule is CCCCCCCCCCCCCCCCCCCCCCCNC(C)O. The predicted octanol–water partition coefficient (Wildman–Crippen LogP) is 8.13. The Balaban J connectivity index is 2.97. The maximum atomic E-state index is 9.11. The van der Waals surface area contributed by atoms with Crippen LogP contribution >= 0.6 is 0 Å². The monoisotopic (exact) mass is 383 g/mol. The largest absolute Gasteiger partial charge is 0.379 e. The third kappa shape index (κ3) is 25.9. The predicted molar refractivity (Wildman–Crippen MR) is 122 cm³/mol. The quantitative estimate of drug-likeness (QED) is 0.138. The van der Waals surface area contributed by atoms with Crippen molar-refractivity contribution in [3.05, 3.63) is 0 Å². The van der Waals surface area contributed by atoms with E-state index in [4.69, 9.17) is 5.11 Å². The van der Waals surface area contributed by atoms with Crippen LogP contribution in [0.5, 0.6) is 0 Å². The Labute approximate surface area is 172 Å². The zero-order chi connectivity index (χ0) is 19.8. The summed E-state index contributed by atoms with van der Waals surface area (Å²) in [4.78, 5) is 0. The van der Waals surface area contributed by atoms with E-state index in [0.717, 1.165) is 6.54 Å². The van der Waals surface area contributed by atoms with Gasteiger partial charge in [-0.3, -0.25) is 5.32 Å². The van der Waals surface area contributed by atoms with Gasteiger partial charge in [0.2, 0.25) is 0 Å². The van der Waals surface area contributed by atoms with E-state index < -0.39 is 0 Å². The number of aliphatic hydroxyl groups excluding tert-OH is 1. The third-order valence-electron chi connectivity index (χ3n) is 5.72. The summed E-state index contributed by atoms with van der Waals surface area (Å²) in [5, 5.41) is 12.2. The van der Waals surface area contributed by atoms with E-state index in [-0.39, 0.29) is 6.23 Å². The maximum Gasteiger partial charge on any atom is 0.102 e. The average molecular weight is 384 g/mol. The molecule has 0 saturated carbocycles. The van der Waals surface area contributed by atoms with Gasteiger partial charge in [0.15, 0.2) is 0 Å². The molecule has 0 aromatic carbocycles. The average Bonchev–Trinajstić information content (AvgIpc) is 2.65. The van der Waals surface area contributed by atoms with E-state index >= 15 is 0 Å². The summed E-state index contributed by atoms with van der Waals surface area (Å²) in [5.41, 5.74) is 0. The lowest BCUT2D eigenvalue weighted by atomic mass is 10.0. The van der Waals surface area contributed by atoms with Gasteiger partial charge in [-0.05, 0) is 19.9 Å². The molecule has 0 heterocycles. The number of unbranched alkanes of at least 4 members (excludes halogenated alkanes) is 20. The van der Waals surface area contributed by atoms with Crippen molar-refractivity contribution in [2.24, 2.45) is 0 Å². The summed E-state index contributed by atoms with van der Waals surface area (Å²) < 4.78 is 0. The molecule has 2 N–H and O–H groups in total. The van der Waals surface area contributed by atoms with Gasteiger partial charge in [-0.2, -0.15) is 0 Å². The van der Waals surface area contributed by atoms with Gasteiger partial charge in [0, 0.05) is 0 Å². The molecule has 2 heteroatoms. The van der Waals surface area contributed by atoms with Gasteiger partial charge in [-0.15, -0.1) is 0 Å². The molecule has 0 radical (unpaired) electrons. The molecule has 0 bridgehead atoms. The second-order valence-corrected chi connectivity index (χ2v) is 8.70. The Morgan fingerprint density at radius 3 is 1.00 bits per heavy atom. The van der Waals surface area contributed by atoms with Crippen LogP contribution in [0, 0.1) is 0 Å². The lowest BCUT2D eigenvalue weighted by Gasteiger charge is -2.06. The van der Waals surface area contributed by atoms with Crippen LogP contribution in [-0.4, -0.2) is 17.9 Å². The first-order valence-corrected chi connectivity index (χ1v) is 12.7. The zero-order valence-corrected chi connectivity index (χ0v) is 19.1. The molecular weight excluding hydrogens is 330 g/mol. The van der Waals surface area contributed by atoms with Gasteiger partial charge in [-0.25, -0.2) is 0 Å². The highest BCUT2D eigenvalue weighted by Crippen LogP contribution is 2.14. The number of hydrogen-bond donors (Lipinski definition) is 2. The second-order valence-electron chi connectivity index (χ2n) is 8.70. The van der Waals surface area contributed by atoms with Crippen LogP contribution in [0.25, 0.3) is 0 Å². The standard InChI is InChI=1S/C25H53NO/c1-3-4-5-6-7-8-9-10-11-12-13-14-15-16-17-18-19-20-21-22-23-24-26-25(2)27/h25-27H,3-24H2,1-2H3. The first-order chi connectivity index (χ1) is 13.3. The van der Waals surface area contributed by atoms with Crippen molar-refractivity contribution in [3.8, 4) is 0 Å². The minimum absolute atomic E-state index is 0.352. The molecule has 0 saturated heterocycles. The van der Waals surface area contributed by atoms with Gasteiger partial charge in [0.1, 0.15) is 6.23 Å². The first-order valence-electron chi connectivity index (χ1n) is 12.7. The Kier molecular flexibility index (Phi) is 23.9. The van der Waals surface area contributed by atoms with Gasteiger partial charge in [-0.1, -0.05) is 135 Å². The van der Waals surface area contributed by atoms with Crippen molar-refractivity contribution < 1.29 is 5.11 Å². The second kappa shape index (κ2) is 24.0. The lowest BCUT2D eigenvalue weighted by Crippen LogP contribution is -2.26. The molecular formula is C25H53NO. The van der Waals surface area contributed by atoms with Crippen LogP contribution in [0.2, 0.25) is 0 Å². The van der Waals surface area contributed by atoms with Crippen LogP contribution in [-0.2, 0) is 0 Å². The van der Waals surface area contributed by atoms with Crippen LogP contribution in [0.3, 0.4) is 0 Å². The molecule has 0 amide bonds. The maximum absolute atomic E-state index is 9.11. The number of nitrogens with one attached hydrogen (secondary N) is 1. The molecule has 0 aromatic rings. The normalized spacial score (nSPS) is 12.6. The third-order valence-corrected chi connectivity index (χ3v) is 5.72. The highest BCUT2D eigenvalue weighted by atomic mass is 16.3. The van der Waals surface area contributed by atoms with Crippen LogP contribution in [0.15, 0.2) is 0 Å². The molecule has 0 aromatic heterocycles. The van der Waals surface area contributed by atoms with Crippen molar-refractivity contribution in [1.29, 1.82) is 0 Å². The van der Waals surface area contributed by atoms with E-state index in [0.29, 0.717) is 0 Å². The van der Waals surface area contributed by atoms with E-state index in [1.807, 2.05) is 0 Å². The highest BCUT2D eigenvalue weighted by Gasteiger charge is 1.96. The molecule has 2 nitrogen and oxygen atoms in total. The topological polar surface area (TPSA) is 32.3 Å². The summed E-state index contributed by atoms with van der Waals surface area (Å²) in [5.74, 6) is 0. The number of aliphatic hydroxyl groups is 1. The van der Waals surface area contributed by atoms with Crippen LogP contribution in [0.4, 0.5) is 0 Å². The molecule has 0 aliphatic rings. The Hall–Kier alpha value is -0.0800. The molecule has 0 rings (SSSR count). The van der Waals surface area contributed by atoms with Crippen molar-refractivity contribution in [2.75, 3.05) is 6.54 Å². The van der Waals surface area contributed by atoms with Gasteiger partial charge in [0.05, 0.1) is 0 Å². The van der Waals surface area contributed by atoms with Crippen molar-refractivity contribution in [3.63, 3.8) is 0 Å². The van der Waals surface area contributed by atoms with E-state index in [9.17, 15) is 0 Å². The van der Waals surface area contributed by atoms with Gasteiger partial charge >= 0.3 is 0 Å². The minimum Gasteiger partial charge on any atom is -0.379 e. The number of rotatable bonds is 23. The number of hydrogen-bond acceptors (Lipinski definition) is 2. The lowest BCUT2D eigenvalue weighted by molar-refractivity contribution is 0.156. The van der Waals surface area contributed by atoms with Crippen molar-refractivity contribution >= 4 is 0 Å². The highest BCUT2D eigenvalue weighted by molar-refractivity contribution is 4.52. The van der Waals surface area contributed by atoms with Crippen LogP contribution in [0.1, 0.15) is 149 Å². The van der Waals surface area contributed by atoms with Gasteiger partial charge < -0.3 is 5.11 Å². The molecule has 0 fully saturated rings. The first kappa shape index (κ1) is 26.9. The molecule has 0 spiro atoms. The van der Waals surface area contributed by atoms with Gasteiger partial charge in [0.25, 0.3) is 0 Å². The molecule has 27 heavy (non-hydrogen) atoms. The molecule has 1 atom stereocenters. The fourth-order valence-electron chi connectivity index (χ4n) is 3.87. The van der Waals surface area contributed by atoms with Crippen LogP contribution < -0.4 is 5.32 Å². The molecule has 164 valence electrons. The van der Waals surface area contributed by atoms with E-state index in [1.165, 1.54) is 135 Å². The summed E-state index contributed by atoms with van der Waals surface area (Å²) in [6, 6.07) is 0. The summed E-state index contributed by atoms with van der Waals surface area (Å²) in [6.07, 6.45) is 29.6. The fourth-order valence-corrected chi connectivity index (χ4v) is 3.87. The Morgan fingerprint density at radius 2 is 0.741 bits per heavy atom. The zero-order valence-electron chi connectivity index (χ0n) is 19.1. The fraction of sp³-hybridized carbons (Fsp3) is 1.00. The molecule has 0 aliphatic carbocycles. The Bertz CT molecular complexity index is 255. The molecule has 0 aliphatic heterocycles. The summed E-state index contributed by atoms with van der Waals surface area (Å²) in [6.45, 7) is 5.04. The van der Waals surface area contributed by atoms with E-state index in [2.05, 4.69) is 12.2 Å². The Morgan fingerprint density at radius 1 is 0.481 bits per heavy atom. The summed E-state index contributed by atoms with van der Waals surface area (Å²) in [7, 11) is 0. The van der Waals surface area contributed by atoms with Crippen molar-refractivity contribution in [1.82, 2.24) is 5.32 Å². The smallest absolute Gasteiger partial charge is 0.102 e. The molecule has 1 unspecified atom stereocenters. The summed E-state index contributed by atoms with van der Waals surface area (Å²) >= 11 is 0. The minimum atomic E-state index is -0.352. The van der Waals surface area contributed by atoms with E-state index in [1.54, 1.807) is 6.92 Å².